The molecule has 0 spiro atoms. The molecule has 1 aliphatic carbocycles. The zero-order chi connectivity index (χ0) is 19.6. The van der Waals surface area contributed by atoms with Gasteiger partial charge in [-0.25, -0.2) is 4.99 Å². The van der Waals surface area contributed by atoms with Crippen molar-refractivity contribution >= 4 is 35.8 Å². The molecule has 2 N–H and O–H groups in total. The molecular formula is C21H35IN4O2. The summed E-state index contributed by atoms with van der Waals surface area (Å²) in [5.41, 5.74) is 2.35. The van der Waals surface area contributed by atoms with Gasteiger partial charge in [0, 0.05) is 26.7 Å². The number of rotatable bonds is 7. The van der Waals surface area contributed by atoms with Crippen molar-refractivity contribution in [3.63, 3.8) is 0 Å². The van der Waals surface area contributed by atoms with Gasteiger partial charge in [-0.2, -0.15) is 0 Å². The number of nitrogens with one attached hydrogen (secondary N) is 2. The Labute approximate surface area is 186 Å². The Morgan fingerprint density at radius 1 is 1.25 bits per heavy atom. The highest BCUT2D eigenvalue weighted by Gasteiger charge is 2.15. The van der Waals surface area contributed by atoms with E-state index in [1.54, 1.807) is 26.1 Å². The van der Waals surface area contributed by atoms with Crippen molar-refractivity contribution in [3.05, 3.63) is 29.3 Å². The van der Waals surface area contributed by atoms with E-state index in [1.165, 1.54) is 24.8 Å². The maximum Gasteiger partial charge on any atom is 0.243 e. The molecule has 0 aliphatic heterocycles. The summed E-state index contributed by atoms with van der Waals surface area (Å²) in [5, 5.41) is 6.90. The number of aryl methyl sites for hydroxylation is 1. The highest BCUT2D eigenvalue weighted by atomic mass is 127. The lowest BCUT2D eigenvalue weighted by molar-refractivity contribution is -0.127. The van der Waals surface area contributed by atoms with Gasteiger partial charge in [0.2, 0.25) is 5.91 Å². The second-order valence-corrected chi connectivity index (χ2v) is 7.41. The molecule has 2 rings (SSSR count). The van der Waals surface area contributed by atoms with Crippen LogP contribution in [-0.2, 0) is 11.2 Å². The second kappa shape index (κ2) is 12.9. The number of nitrogens with zero attached hydrogens (tertiary/aromatic N) is 2. The molecular weight excluding hydrogens is 467 g/mol. The minimum Gasteiger partial charge on any atom is -0.496 e. The van der Waals surface area contributed by atoms with Crippen LogP contribution in [0.25, 0.3) is 0 Å². The lowest BCUT2D eigenvalue weighted by Gasteiger charge is -2.25. The molecule has 0 unspecified atom stereocenters. The van der Waals surface area contributed by atoms with Crippen LogP contribution in [0, 0.1) is 6.92 Å². The van der Waals surface area contributed by atoms with Crippen LogP contribution in [0.1, 0.15) is 43.2 Å². The van der Waals surface area contributed by atoms with Crippen LogP contribution in [0.3, 0.4) is 0 Å². The number of aliphatic imine (C=N–C) groups is 1. The van der Waals surface area contributed by atoms with Gasteiger partial charge in [0.15, 0.2) is 5.96 Å². The number of guanidine groups is 1. The number of hydrogen-bond donors (Lipinski definition) is 2. The third-order valence-corrected chi connectivity index (χ3v) is 5.00. The quantitative estimate of drug-likeness (QED) is 0.342. The lowest BCUT2D eigenvalue weighted by Crippen LogP contribution is -2.45. The number of benzene rings is 1. The summed E-state index contributed by atoms with van der Waals surface area (Å²) in [4.78, 5) is 18.0. The van der Waals surface area contributed by atoms with Gasteiger partial charge < -0.3 is 20.3 Å². The summed E-state index contributed by atoms with van der Waals surface area (Å²) < 4.78 is 5.40. The average Bonchev–Trinajstić information content (AvgIpc) is 2.67. The van der Waals surface area contributed by atoms with Gasteiger partial charge in [-0.1, -0.05) is 31.4 Å². The zero-order valence-corrected chi connectivity index (χ0v) is 19.9. The highest BCUT2D eigenvalue weighted by molar-refractivity contribution is 14.0. The minimum absolute atomic E-state index is 0. The van der Waals surface area contributed by atoms with Crippen LogP contribution >= 0.6 is 24.0 Å². The van der Waals surface area contributed by atoms with Crippen LogP contribution in [0.2, 0.25) is 0 Å². The van der Waals surface area contributed by atoms with E-state index in [9.17, 15) is 4.79 Å². The maximum absolute atomic E-state index is 11.9. The predicted molar refractivity (Wildman–Crippen MR) is 126 cm³/mol. The standard InChI is InChI=1S/C21H34N4O2.HI/c1-16-10-11-17(14-19(16)27-4)12-13-22-21(23-15-20(26)25(2)3)24-18-8-6-5-7-9-18;/h10-11,14,18H,5-9,12-13,15H2,1-4H3,(H2,22,23,24);1H. The zero-order valence-electron chi connectivity index (χ0n) is 17.6. The summed E-state index contributed by atoms with van der Waals surface area (Å²) in [5.74, 6) is 1.65. The van der Waals surface area contributed by atoms with Gasteiger partial charge in [-0.05, 0) is 43.4 Å². The highest BCUT2D eigenvalue weighted by Crippen LogP contribution is 2.19. The Morgan fingerprint density at radius 2 is 1.96 bits per heavy atom. The van der Waals surface area contributed by atoms with E-state index in [2.05, 4.69) is 33.8 Å². The molecule has 158 valence electrons. The molecule has 1 aliphatic rings. The van der Waals surface area contributed by atoms with Gasteiger partial charge in [-0.15, -0.1) is 24.0 Å². The SMILES string of the molecule is COc1cc(CCNC(=NCC(=O)N(C)C)NC2CCCCC2)ccc1C.I. The molecule has 1 saturated carbocycles. The fourth-order valence-electron chi connectivity index (χ4n) is 3.23. The van der Waals surface area contributed by atoms with Crippen molar-refractivity contribution in [3.8, 4) is 5.75 Å². The molecule has 0 bridgehead atoms. The Hall–Kier alpha value is -1.51. The molecule has 0 heterocycles. The first-order valence-electron chi connectivity index (χ1n) is 9.88. The first kappa shape index (κ1) is 24.5. The molecule has 1 aromatic rings. The van der Waals surface area contributed by atoms with E-state index in [1.807, 2.05) is 6.92 Å². The molecule has 7 heteroatoms. The molecule has 6 nitrogen and oxygen atoms in total. The van der Waals surface area contributed by atoms with Crippen molar-refractivity contribution < 1.29 is 9.53 Å². The molecule has 1 fully saturated rings. The van der Waals surface area contributed by atoms with Crippen molar-refractivity contribution in [1.29, 1.82) is 0 Å². The van der Waals surface area contributed by atoms with Crippen molar-refractivity contribution in [2.45, 2.75) is 51.5 Å². The summed E-state index contributed by atoms with van der Waals surface area (Å²) >= 11 is 0. The molecule has 0 saturated heterocycles. The van der Waals surface area contributed by atoms with E-state index >= 15 is 0 Å². The monoisotopic (exact) mass is 502 g/mol. The number of halogens is 1. The van der Waals surface area contributed by atoms with Gasteiger partial charge in [0.1, 0.15) is 12.3 Å². The summed E-state index contributed by atoms with van der Waals surface area (Å²) in [7, 11) is 5.21. The largest absolute Gasteiger partial charge is 0.496 e. The molecule has 0 radical (unpaired) electrons. The molecule has 0 aromatic heterocycles. The number of carbonyl (C=O) groups is 1. The van der Waals surface area contributed by atoms with Gasteiger partial charge in [0.25, 0.3) is 0 Å². The average molecular weight is 502 g/mol. The topological polar surface area (TPSA) is 66.0 Å². The van der Waals surface area contributed by atoms with Gasteiger partial charge in [-0.3, -0.25) is 4.79 Å². The van der Waals surface area contributed by atoms with Crippen LogP contribution in [0.5, 0.6) is 5.75 Å². The van der Waals surface area contributed by atoms with Crippen molar-refractivity contribution in [2.24, 2.45) is 4.99 Å². The Balaban J connectivity index is 0.00000392. The smallest absolute Gasteiger partial charge is 0.243 e. The number of carbonyl (C=O) groups excluding carboxylic acids is 1. The molecule has 28 heavy (non-hydrogen) atoms. The third-order valence-electron chi connectivity index (χ3n) is 5.00. The number of amides is 1. The van der Waals surface area contributed by atoms with E-state index in [4.69, 9.17) is 4.74 Å². The Kier molecular flexibility index (Phi) is 11.3. The van der Waals surface area contributed by atoms with E-state index in [0.29, 0.717) is 6.04 Å². The number of ether oxygens (including phenoxy) is 1. The third kappa shape index (κ3) is 8.24. The minimum atomic E-state index is 0. The van der Waals surface area contributed by atoms with Gasteiger partial charge >= 0.3 is 0 Å². The van der Waals surface area contributed by atoms with E-state index in [0.717, 1.165) is 43.1 Å². The fraction of sp³-hybridized carbons (Fsp3) is 0.619. The van der Waals surface area contributed by atoms with Crippen LogP contribution in [0.4, 0.5) is 0 Å². The Morgan fingerprint density at radius 3 is 2.61 bits per heavy atom. The summed E-state index contributed by atoms with van der Waals surface area (Å²) in [6.07, 6.45) is 7.01. The second-order valence-electron chi connectivity index (χ2n) is 7.41. The molecule has 1 amide bonds. The number of hydrogen-bond acceptors (Lipinski definition) is 3. The van der Waals surface area contributed by atoms with Gasteiger partial charge in [0.05, 0.1) is 7.11 Å². The molecule has 1 aromatic carbocycles. The van der Waals surface area contributed by atoms with Crippen LogP contribution in [-0.4, -0.2) is 57.1 Å². The van der Waals surface area contributed by atoms with E-state index in [-0.39, 0.29) is 36.4 Å². The van der Waals surface area contributed by atoms with Crippen molar-refractivity contribution in [2.75, 3.05) is 34.3 Å². The normalized spacial score (nSPS) is 14.8. The fourth-order valence-corrected chi connectivity index (χ4v) is 3.23. The van der Waals surface area contributed by atoms with E-state index < -0.39 is 0 Å². The molecule has 0 atom stereocenters. The Bertz CT molecular complexity index is 643. The first-order valence-corrected chi connectivity index (χ1v) is 9.88. The van der Waals surface area contributed by atoms with Crippen LogP contribution < -0.4 is 15.4 Å². The number of likely N-dealkylation sites (N-methyl/N-ethyl adjacent to an activating group) is 1. The first-order chi connectivity index (χ1) is 13.0. The maximum atomic E-state index is 11.9. The summed E-state index contributed by atoms with van der Waals surface area (Å²) in [6, 6.07) is 6.73. The van der Waals surface area contributed by atoms with Crippen molar-refractivity contribution in [1.82, 2.24) is 15.5 Å². The lowest BCUT2D eigenvalue weighted by atomic mass is 9.96. The van der Waals surface area contributed by atoms with Crippen LogP contribution in [0.15, 0.2) is 23.2 Å². The number of methoxy groups -OCH3 is 1. The predicted octanol–water partition coefficient (Wildman–Crippen LogP) is 3.12. The summed E-state index contributed by atoms with van der Waals surface area (Å²) in [6.45, 7) is 2.95.